The monoisotopic (exact) mass is 498 g/mol. The summed E-state index contributed by atoms with van der Waals surface area (Å²) < 4.78 is 35.5. The van der Waals surface area contributed by atoms with Gasteiger partial charge < -0.3 is 15.2 Å². The lowest BCUT2D eigenvalue weighted by Crippen LogP contribution is -2.46. The normalized spacial score (nSPS) is 17.1. The third kappa shape index (κ3) is 4.90. The number of carbonyl (C=O) groups excluding carboxylic acids is 2. The van der Waals surface area contributed by atoms with Gasteiger partial charge in [-0.15, -0.1) is 0 Å². The lowest BCUT2D eigenvalue weighted by Gasteiger charge is -2.31. The van der Waals surface area contributed by atoms with Crippen LogP contribution in [0.25, 0.3) is 0 Å². The largest absolute Gasteiger partial charge is 0.501 e. The van der Waals surface area contributed by atoms with Crippen LogP contribution in [0.4, 0.5) is 13.6 Å². The molecule has 1 aliphatic heterocycles. The van der Waals surface area contributed by atoms with E-state index in [-0.39, 0.29) is 32.5 Å². The maximum absolute atomic E-state index is 16.3. The van der Waals surface area contributed by atoms with Gasteiger partial charge in [0.15, 0.2) is 11.5 Å². The van der Waals surface area contributed by atoms with Gasteiger partial charge in [-0.25, -0.2) is 18.6 Å². The number of likely N-dealkylation sites (tertiary alicyclic amines) is 1. The summed E-state index contributed by atoms with van der Waals surface area (Å²) in [5, 5.41) is 12.8. The molecule has 188 valence electrons. The van der Waals surface area contributed by atoms with Crippen LogP contribution in [0.2, 0.25) is 0 Å². The van der Waals surface area contributed by atoms with E-state index in [4.69, 9.17) is 4.74 Å². The Bertz CT molecular complexity index is 1330. The van der Waals surface area contributed by atoms with Crippen molar-refractivity contribution < 1.29 is 28.2 Å². The summed E-state index contributed by atoms with van der Waals surface area (Å²) in [6.45, 7) is -0.123. The lowest BCUT2D eigenvalue weighted by atomic mass is 10.1. The number of rotatable bonds is 6. The van der Waals surface area contributed by atoms with Crippen LogP contribution in [0.15, 0.2) is 59.4 Å². The smallest absolute Gasteiger partial charge is 0.412 e. The van der Waals surface area contributed by atoms with E-state index in [1.54, 1.807) is 24.3 Å². The van der Waals surface area contributed by atoms with E-state index in [1.165, 1.54) is 31.3 Å². The predicted octanol–water partition coefficient (Wildman–Crippen LogP) is 3.11. The minimum absolute atomic E-state index is 0.00691. The molecule has 1 saturated heterocycles. The van der Waals surface area contributed by atoms with Crippen LogP contribution in [0, 0.1) is 5.82 Å². The van der Waals surface area contributed by atoms with Gasteiger partial charge in [0.25, 0.3) is 11.5 Å². The predicted molar refractivity (Wildman–Crippen MR) is 124 cm³/mol. The van der Waals surface area contributed by atoms with E-state index in [0.29, 0.717) is 11.1 Å². The molecule has 2 aromatic carbocycles. The maximum atomic E-state index is 16.3. The molecule has 1 fully saturated rings. The van der Waals surface area contributed by atoms with Crippen LogP contribution >= 0.6 is 0 Å². The number of carbonyl (C=O) groups is 2. The molecule has 2 heterocycles. The number of halogens is 2. The summed E-state index contributed by atoms with van der Waals surface area (Å²) in [6, 6.07) is 14.2. The van der Waals surface area contributed by atoms with Gasteiger partial charge in [-0.3, -0.25) is 19.1 Å². The van der Waals surface area contributed by atoms with Gasteiger partial charge in [-0.1, -0.05) is 42.5 Å². The molecule has 0 spiro atoms. The molecular formula is C25H24F2N4O5. The molecule has 2 N–H and O–H groups in total. The number of ether oxygens (including phenoxy) is 1. The van der Waals surface area contributed by atoms with E-state index >= 15 is 4.39 Å². The molecule has 3 aromatic rings. The summed E-state index contributed by atoms with van der Waals surface area (Å²) in [5.41, 5.74) is -0.464. The van der Waals surface area contributed by atoms with Crippen LogP contribution in [0.5, 0.6) is 5.75 Å². The second-order valence-electron chi connectivity index (χ2n) is 8.36. The van der Waals surface area contributed by atoms with E-state index in [2.05, 4.69) is 10.3 Å². The van der Waals surface area contributed by atoms with Gasteiger partial charge in [-0.2, -0.15) is 0 Å². The van der Waals surface area contributed by atoms with Crippen molar-refractivity contribution >= 4 is 12.0 Å². The zero-order valence-corrected chi connectivity index (χ0v) is 19.4. The van der Waals surface area contributed by atoms with Crippen LogP contribution in [0.3, 0.4) is 0 Å². The number of hydrogen-bond donors (Lipinski definition) is 2. The fraction of sp³-hybridized carbons (Fsp3) is 0.280. The van der Waals surface area contributed by atoms with Crippen molar-refractivity contribution in [3.05, 3.63) is 93.4 Å². The minimum Gasteiger partial charge on any atom is -0.501 e. The molecule has 0 saturated carbocycles. The fourth-order valence-corrected chi connectivity index (χ4v) is 4.01. The summed E-state index contributed by atoms with van der Waals surface area (Å²) in [5.74, 6) is -5.39. The van der Waals surface area contributed by atoms with E-state index < -0.39 is 46.4 Å². The SMILES string of the molecule is Cn1c(C2(F)CCCN2C(=O)OCc2ccccc2)nc(C(=O)NCc2ccc(F)cc2)c(O)c1=O. The van der Waals surface area contributed by atoms with Crippen LogP contribution in [-0.4, -0.2) is 38.1 Å². The molecule has 9 nitrogen and oxygen atoms in total. The van der Waals surface area contributed by atoms with Gasteiger partial charge in [0.05, 0.1) is 0 Å². The minimum atomic E-state index is -2.54. The van der Waals surface area contributed by atoms with E-state index in [1.807, 2.05) is 6.07 Å². The van der Waals surface area contributed by atoms with Crippen molar-refractivity contribution in [1.29, 1.82) is 0 Å². The molecule has 1 unspecified atom stereocenters. The molecule has 1 atom stereocenters. The van der Waals surface area contributed by atoms with E-state index in [9.17, 15) is 23.9 Å². The van der Waals surface area contributed by atoms with Crippen LogP contribution in [0.1, 0.15) is 40.3 Å². The lowest BCUT2D eigenvalue weighted by molar-refractivity contribution is -0.0179. The average Bonchev–Trinajstić information content (AvgIpc) is 3.28. The summed E-state index contributed by atoms with van der Waals surface area (Å²) >= 11 is 0. The number of amides is 2. The molecular weight excluding hydrogens is 474 g/mol. The quantitative estimate of drug-likeness (QED) is 0.505. The Balaban J connectivity index is 1.58. The van der Waals surface area contributed by atoms with E-state index in [0.717, 1.165) is 9.47 Å². The first-order valence-electron chi connectivity index (χ1n) is 11.2. The maximum Gasteiger partial charge on any atom is 0.412 e. The zero-order chi connectivity index (χ0) is 25.9. The zero-order valence-electron chi connectivity index (χ0n) is 19.4. The average molecular weight is 498 g/mol. The summed E-state index contributed by atoms with van der Waals surface area (Å²) in [6.07, 6.45) is -0.863. The number of aromatic nitrogens is 2. The third-order valence-corrected chi connectivity index (χ3v) is 5.93. The van der Waals surface area contributed by atoms with Crippen molar-refractivity contribution in [3.63, 3.8) is 0 Å². The highest BCUT2D eigenvalue weighted by Crippen LogP contribution is 2.40. The number of alkyl halides is 1. The molecule has 36 heavy (non-hydrogen) atoms. The van der Waals surface area contributed by atoms with Gasteiger partial charge in [0.2, 0.25) is 11.5 Å². The number of benzene rings is 2. The Morgan fingerprint density at radius 1 is 1.14 bits per heavy atom. The number of nitrogens with zero attached hydrogens (tertiary/aromatic N) is 3. The number of nitrogens with one attached hydrogen (secondary N) is 1. The van der Waals surface area contributed by atoms with Gasteiger partial charge >= 0.3 is 6.09 Å². The van der Waals surface area contributed by atoms with Gasteiger partial charge in [0.1, 0.15) is 12.4 Å². The van der Waals surface area contributed by atoms with Crippen LogP contribution < -0.4 is 10.9 Å². The highest BCUT2D eigenvalue weighted by Gasteiger charge is 2.50. The Kier molecular flexibility index (Phi) is 7.00. The van der Waals surface area contributed by atoms with Crippen molar-refractivity contribution in [2.24, 2.45) is 7.05 Å². The first-order chi connectivity index (χ1) is 17.2. The molecule has 0 bridgehead atoms. The molecule has 1 aromatic heterocycles. The van der Waals surface area contributed by atoms with Crippen molar-refractivity contribution in [2.45, 2.75) is 31.8 Å². The Hall–Kier alpha value is -4.28. The fourth-order valence-electron chi connectivity index (χ4n) is 4.01. The Labute approximate surface area is 205 Å². The molecule has 4 rings (SSSR count). The molecule has 11 heteroatoms. The van der Waals surface area contributed by atoms with Gasteiger partial charge in [-0.05, 0) is 29.7 Å². The first kappa shape index (κ1) is 24.8. The summed E-state index contributed by atoms with van der Waals surface area (Å²) in [7, 11) is 1.19. The summed E-state index contributed by atoms with van der Waals surface area (Å²) in [4.78, 5) is 43.0. The van der Waals surface area contributed by atoms with Crippen molar-refractivity contribution in [2.75, 3.05) is 6.54 Å². The third-order valence-electron chi connectivity index (χ3n) is 5.93. The van der Waals surface area contributed by atoms with Crippen molar-refractivity contribution in [1.82, 2.24) is 19.8 Å². The molecule has 2 amide bonds. The molecule has 1 aliphatic rings. The second-order valence-corrected chi connectivity index (χ2v) is 8.36. The highest BCUT2D eigenvalue weighted by atomic mass is 19.1. The first-order valence-corrected chi connectivity index (χ1v) is 11.2. The number of aromatic hydroxyl groups is 1. The second kappa shape index (κ2) is 10.1. The molecule has 0 aliphatic carbocycles. The number of hydrogen-bond acceptors (Lipinski definition) is 6. The van der Waals surface area contributed by atoms with Crippen molar-refractivity contribution in [3.8, 4) is 5.75 Å². The van der Waals surface area contributed by atoms with Gasteiger partial charge in [0, 0.05) is 26.6 Å². The highest BCUT2D eigenvalue weighted by molar-refractivity contribution is 5.94. The topological polar surface area (TPSA) is 114 Å². The Morgan fingerprint density at radius 2 is 1.83 bits per heavy atom. The Morgan fingerprint density at radius 3 is 2.53 bits per heavy atom. The standard InChI is InChI=1S/C25H24F2N4O5/c1-30-22(34)20(32)19(21(33)28-14-16-8-10-18(26)11-9-16)29-23(30)25(27)12-5-13-31(25)24(35)36-15-17-6-3-2-4-7-17/h2-4,6-11,32H,5,12-15H2,1H3,(H,28,33). The molecule has 0 radical (unpaired) electrons. The van der Waals surface area contributed by atoms with Crippen LogP contribution in [-0.2, 0) is 30.7 Å².